The molecule has 0 aromatic heterocycles. The van der Waals surface area contributed by atoms with Crippen LogP contribution in [0.1, 0.15) is 52.4 Å². The zero-order valence-corrected chi connectivity index (χ0v) is 16.8. The molecule has 9 bridgehead atoms. The molecule has 3 heterocycles. The average Bonchev–Trinajstić information content (AvgIpc) is 2.72. The van der Waals surface area contributed by atoms with E-state index in [1.165, 1.54) is 6.42 Å². The van der Waals surface area contributed by atoms with Gasteiger partial charge in [0.2, 0.25) is 0 Å². The van der Waals surface area contributed by atoms with Crippen LogP contribution in [0.2, 0.25) is 0 Å². The minimum atomic E-state index is -0.892. The molecule has 7 fully saturated rings. The van der Waals surface area contributed by atoms with Crippen molar-refractivity contribution < 1.29 is 19.4 Å². The Labute approximate surface area is 161 Å². The molecule has 4 saturated carbocycles. The molecule has 5 heteroatoms. The summed E-state index contributed by atoms with van der Waals surface area (Å²) < 4.78 is 12.0. The van der Waals surface area contributed by atoms with Gasteiger partial charge < -0.3 is 14.6 Å². The van der Waals surface area contributed by atoms with E-state index < -0.39 is 5.60 Å². The Morgan fingerprint density at radius 2 is 2.07 bits per heavy atom. The second-order valence-corrected chi connectivity index (χ2v) is 10.7. The summed E-state index contributed by atoms with van der Waals surface area (Å²) in [5.41, 5.74) is -0.626. The van der Waals surface area contributed by atoms with Crippen molar-refractivity contribution in [3.8, 4) is 0 Å². The first-order valence-corrected chi connectivity index (χ1v) is 11.1. The van der Waals surface area contributed by atoms with Crippen LogP contribution in [0.4, 0.5) is 0 Å². The molecule has 10 atom stereocenters. The molecule has 3 saturated heterocycles. The summed E-state index contributed by atoms with van der Waals surface area (Å²) in [6.07, 6.45) is 5.99. The Morgan fingerprint density at radius 3 is 2.81 bits per heavy atom. The molecule has 5 nitrogen and oxygen atoms in total. The quantitative estimate of drug-likeness (QED) is 0.750. The minimum Gasteiger partial charge on any atom is -0.462 e. The largest absolute Gasteiger partial charge is 0.462 e. The van der Waals surface area contributed by atoms with Gasteiger partial charge in [0.1, 0.15) is 6.10 Å². The summed E-state index contributed by atoms with van der Waals surface area (Å²) in [5, 5.41) is 12.1. The number of piperidine rings is 1. The number of aliphatic hydroxyl groups is 1. The van der Waals surface area contributed by atoms with Gasteiger partial charge in [-0.3, -0.25) is 9.69 Å². The van der Waals surface area contributed by atoms with Gasteiger partial charge >= 0.3 is 5.97 Å². The molecule has 1 N–H and O–H groups in total. The van der Waals surface area contributed by atoms with Gasteiger partial charge in [0.25, 0.3) is 0 Å². The van der Waals surface area contributed by atoms with Crippen LogP contribution in [0, 0.1) is 34.5 Å². The number of likely N-dealkylation sites (tertiary alicyclic amines) is 1. The summed E-state index contributed by atoms with van der Waals surface area (Å²) in [6.45, 7) is 6.89. The number of fused-ring (bicyclic) bond motifs is 2. The predicted molar refractivity (Wildman–Crippen MR) is 98.9 cm³/mol. The van der Waals surface area contributed by atoms with Crippen LogP contribution in [-0.4, -0.2) is 60.0 Å². The van der Waals surface area contributed by atoms with Crippen molar-refractivity contribution in [3.63, 3.8) is 0 Å². The monoisotopic (exact) mass is 375 g/mol. The maximum Gasteiger partial charge on any atom is 0.312 e. The zero-order valence-electron chi connectivity index (χ0n) is 16.8. The number of nitrogens with zero attached hydrogens (tertiary/aromatic N) is 1. The summed E-state index contributed by atoms with van der Waals surface area (Å²) in [6, 6.07) is 0.349. The summed E-state index contributed by atoms with van der Waals surface area (Å²) in [5.74, 6) is 0.451. The average molecular weight is 376 g/mol. The predicted octanol–water partition coefficient (Wildman–Crippen LogP) is 2.21. The van der Waals surface area contributed by atoms with Gasteiger partial charge in [-0.05, 0) is 62.3 Å². The molecule has 27 heavy (non-hydrogen) atoms. The molecule has 1 spiro atoms. The SMILES string of the molecule is CCN1C[C@]2(C)CC[C@H](OC)[C@@]34[C@@H]5C[C@@H]6CC[C@](O)([C@@H](C[C@H]23)[C@@H]14)[C@H]5C(=O)O6. The number of esters is 1. The molecule has 0 aromatic rings. The van der Waals surface area contributed by atoms with Crippen molar-refractivity contribution in [3.05, 3.63) is 0 Å². The molecule has 4 aliphatic carbocycles. The van der Waals surface area contributed by atoms with E-state index in [1.54, 1.807) is 0 Å². The van der Waals surface area contributed by atoms with Crippen LogP contribution in [0.3, 0.4) is 0 Å². The van der Waals surface area contributed by atoms with Gasteiger partial charge in [-0.15, -0.1) is 0 Å². The fraction of sp³-hybridized carbons (Fsp3) is 0.955. The van der Waals surface area contributed by atoms with E-state index in [9.17, 15) is 9.90 Å². The van der Waals surface area contributed by atoms with Crippen molar-refractivity contribution in [2.75, 3.05) is 20.2 Å². The van der Waals surface area contributed by atoms with E-state index in [0.717, 1.165) is 45.2 Å². The first kappa shape index (κ1) is 17.2. The van der Waals surface area contributed by atoms with Gasteiger partial charge in [0.15, 0.2) is 0 Å². The fourth-order valence-electron chi connectivity index (χ4n) is 9.53. The molecule has 7 aliphatic rings. The Hall–Kier alpha value is -0.650. The molecule has 3 aliphatic heterocycles. The molecule has 0 radical (unpaired) electrons. The van der Waals surface area contributed by atoms with Gasteiger partial charge in [-0.2, -0.15) is 0 Å². The molecule has 150 valence electrons. The summed E-state index contributed by atoms with van der Waals surface area (Å²) >= 11 is 0. The maximum atomic E-state index is 13.1. The number of methoxy groups -OCH3 is 1. The number of ether oxygens (including phenoxy) is 2. The summed E-state index contributed by atoms with van der Waals surface area (Å²) in [7, 11) is 1.87. The first-order valence-electron chi connectivity index (χ1n) is 11.1. The highest BCUT2D eigenvalue weighted by atomic mass is 16.5. The van der Waals surface area contributed by atoms with Crippen molar-refractivity contribution in [1.29, 1.82) is 0 Å². The number of hydrogen-bond acceptors (Lipinski definition) is 5. The van der Waals surface area contributed by atoms with E-state index in [4.69, 9.17) is 9.47 Å². The van der Waals surface area contributed by atoms with Crippen molar-refractivity contribution >= 4 is 5.97 Å². The van der Waals surface area contributed by atoms with E-state index in [0.29, 0.717) is 12.0 Å². The van der Waals surface area contributed by atoms with Crippen molar-refractivity contribution in [2.45, 2.75) is 76.2 Å². The molecular formula is C22H33NO4. The van der Waals surface area contributed by atoms with E-state index in [2.05, 4.69) is 18.7 Å². The number of rotatable bonds is 2. The third kappa shape index (κ3) is 1.69. The molecule has 0 unspecified atom stereocenters. The fourth-order valence-corrected chi connectivity index (χ4v) is 9.53. The van der Waals surface area contributed by atoms with Crippen molar-refractivity contribution in [1.82, 2.24) is 4.90 Å². The third-order valence-electron chi connectivity index (χ3n) is 10.2. The smallest absolute Gasteiger partial charge is 0.312 e. The lowest BCUT2D eigenvalue weighted by atomic mass is 9.42. The Balaban J connectivity index is 1.63. The Bertz CT molecular complexity index is 698. The molecule has 0 aromatic carbocycles. The van der Waals surface area contributed by atoms with E-state index >= 15 is 0 Å². The van der Waals surface area contributed by atoms with Gasteiger partial charge in [-0.25, -0.2) is 0 Å². The van der Waals surface area contributed by atoms with E-state index in [1.807, 2.05) is 7.11 Å². The minimum absolute atomic E-state index is 0.000394. The van der Waals surface area contributed by atoms with E-state index in [-0.39, 0.29) is 46.8 Å². The topological polar surface area (TPSA) is 59.0 Å². The standard InChI is InChI=1S/C22H33NO4/c1-4-23-11-20(2)7-6-16(26-3)22-13-9-12-5-8-21(25,17(13)19(24)27-12)14(18(22)23)10-15(20)22/h12-18,25H,4-11H2,1-3H3/t12-,13+,14-,15+,16-,17+,18+,20-,21-,22+/m0/s1. The second kappa shape index (κ2) is 5.09. The van der Waals surface area contributed by atoms with Gasteiger partial charge in [0.05, 0.1) is 17.6 Å². The highest BCUT2D eigenvalue weighted by Gasteiger charge is 2.81. The van der Waals surface area contributed by atoms with Crippen LogP contribution in [-0.2, 0) is 14.3 Å². The lowest BCUT2D eigenvalue weighted by molar-refractivity contribution is -0.268. The van der Waals surface area contributed by atoms with Crippen LogP contribution < -0.4 is 0 Å². The highest BCUT2D eigenvalue weighted by Crippen LogP contribution is 2.77. The first-order chi connectivity index (χ1) is 12.9. The number of carbonyl (C=O) groups excluding carboxylic acids is 1. The molecule has 7 rings (SSSR count). The maximum absolute atomic E-state index is 13.1. The number of hydrogen-bond donors (Lipinski definition) is 1. The summed E-state index contributed by atoms with van der Waals surface area (Å²) in [4.78, 5) is 15.7. The van der Waals surface area contributed by atoms with Gasteiger partial charge in [0, 0.05) is 31.0 Å². The van der Waals surface area contributed by atoms with Crippen molar-refractivity contribution in [2.24, 2.45) is 34.5 Å². The van der Waals surface area contributed by atoms with Crippen LogP contribution >= 0.6 is 0 Å². The molecule has 0 amide bonds. The van der Waals surface area contributed by atoms with Crippen LogP contribution in [0.25, 0.3) is 0 Å². The highest BCUT2D eigenvalue weighted by molar-refractivity contribution is 5.77. The van der Waals surface area contributed by atoms with Crippen LogP contribution in [0.15, 0.2) is 0 Å². The Morgan fingerprint density at radius 1 is 1.26 bits per heavy atom. The lowest BCUT2D eigenvalue weighted by Crippen LogP contribution is -2.76. The zero-order chi connectivity index (χ0) is 18.8. The second-order valence-electron chi connectivity index (χ2n) is 10.7. The Kier molecular flexibility index (Phi) is 3.25. The third-order valence-corrected chi connectivity index (χ3v) is 10.2. The number of carbonyl (C=O) groups is 1. The molecular weight excluding hydrogens is 342 g/mol. The van der Waals surface area contributed by atoms with Crippen LogP contribution in [0.5, 0.6) is 0 Å². The normalized spacial score (nSPS) is 60.9. The van der Waals surface area contributed by atoms with Gasteiger partial charge in [-0.1, -0.05) is 13.8 Å². The lowest BCUT2D eigenvalue weighted by Gasteiger charge is -2.69.